The third kappa shape index (κ3) is 6.10. The van der Waals surface area contributed by atoms with E-state index in [0.29, 0.717) is 17.9 Å². The summed E-state index contributed by atoms with van der Waals surface area (Å²) in [6.45, 7) is 2.19. The number of carbonyl (C=O) groups excluding carboxylic acids is 2. The van der Waals surface area contributed by atoms with Crippen LogP contribution in [-0.2, 0) is 22.6 Å². The van der Waals surface area contributed by atoms with E-state index in [-0.39, 0.29) is 17.9 Å². The van der Waals surface area contributed by atoms with E-state index < -0.39 is 12.1 Å². The summed E-state index contributed by atoms with van der Waals surface area (Å²) < 4.78 is 5.66. The van der Waals surface area contributed by atoms with E-state index in [9.17, 15) is 9.59 Å². The molecule has 2 atom stereocenters. The molecule has 3 aromatic carbocycles. The van der Waals surface area contributed by atoms with Crippen molar-refractivity contribution in [2.24, 2.45) is 0 Å². The van der Waals surface area contributed by atoms with Gasteiger partial charge in [-0.1, -0.05) is 48.5 Å². The standard InChI is InChI=1S/C32H29N5O3S/c1-21-7-12-26-27(17-21)36-29(35-26)18-22-8-10-25(11-9-22)34-30(38)28-20-41-31(24-13-15-33-16-14-24)37(28)32(39)40-19-23-5-3-2-4-6-23/h2-17,28,31H,18-20H2,1H3,(H,34,38)(H,35,36). The fraction of sp³-hybridized carbons (Fsp3) is 0.188. The Morgan fingerprint density at radius 3 is 2.56 bits per heavy atom. The Kier molecular flexibility index (Phi) is 7.69. The Labute approximate surface area is 242 Å². The molecule has 1 saturated heterocycles. The van der Waals surface area contributed by atoms with Crippen molar-refractivity contribution in [2.75, 3.05) is 11.1 Å². The van der Waals surface area contributed by atoms with Gasteiger partial charge in [0.15, 0.2) is 0 Å². The number of nitrogens with zero attached hydrogens (tertiary/aromatic N) is 3. The summed E-state index contributed by atoms with van der Waals surface area (Å²) in [6, 6.07) is 26.4. The van der Waals surface area contributed by atoms with Crippen LogP contribution in [0.15, 0.2) is 97.3 Å². The molecule has 2 amide bonds. The van der Waals surface area contributed by atoms with Gasteiger partial charge in [-0.25, -0.2) is 9.78 Å². The number of aromatic amines is 1. The molecule has 0 aliphatic carbocycles. The van der Waals surface area contributed by atoms with E-state index >= 15 is 0 Å². The lowest BCUT2D eigenvalue weighted by atomic mass is 10.1. The smallest absolute Gasteiger partial charge is 0.412 e. The van der Waals surface area contributed by atoms with Gasteiger partial charge >= 0.3 is 6.09 Å². The molecule has 9 heteroatoms. The molecule has 1 fully saturated rings. The maximum atomic E-state index is 13.5. The van der Waals surface area contributed by atoms with E-state index in [1.807, 2.05) is 72.8 Å². The highest BCUT2D eigenvalue weighted by Crippen LogP contribution is 2.42. The predicted molar refractivity (Wildman–Crippen MR) is 160 cm³/mol. The van der Waals surface area contributed by atoms with Gasteiger partial charge in [-0.3, -0.25) is 14.7 Å². The van der Waals surface area contributed by atoms with Crippen molar-refractivity contribution in [3.05, 3.63) is 125 Å². The molecular weight excluding hydrogens is 534 g/mol. The van der Waals surface area contributed by atoms with Crippen molar-refractivity contribution < 1.29 is 14.3 Å². The monoisotopic (exact) mass is 563 g/mol. The van der Waals surface area contributed by atoms with Crippen molar-refractivity contribution in [1.82, 2.24) is 19.9 Å². The Morgan fingerprint density at radius 2 is 1.78 bits per heavy atom. The number of benzene rings is 3. The average Bonchev–Trinajstić information content (AvgIpc) is 3.62. The Hall–Kier alpha value is -4.63. The van der Waals surface area contributed by atoms with E-state index in [1.165, 1.54) is 22.2 Å². The van der Waals surface area contributed by atoms with Crippen molar-refractivity contribution >= 4 is 40.5 Å². The van der Waals surface area contributed by atoms with Crippen molar-refractivity contribution in [3.8, 4) is 0 Å². The highest BCUT2D eigenvalue weighted by molar-refractivity contribution is 7.99. The minimum Gasteiger partial charge on any atom is -0.444 e. The number of imidazole rings is 1. The maximum absolute atomic E-state index is 13.5. The van der Waals surface area contributed by atoms with E-state index in [2.05, 4.69) is 39.3 Å². The molecule has 2 aromatic heterocycles. The summed E-state index contributed by atoms with van der Waals surface area (Å²) in [4.78, 5) is 40.5. The van der Waals surface area contributed by atoms with Crippen LogP contribution in [0, 0.1) is 6.92 Å². The Morgan fingerprint density at radius 1 is 1.00 bits per heavy atom. The molecule has 2 unspecified atom stereocenters. The van der Waals surface area contributed by atoms with Crippen molar-refractivity contribution in [2.45, 2.75) is 31.4 Å². The highest BCUT2D eigenvalue weighted by atomic mass is 32.2. The Bertz CT molecular complexity index is 1660. The fourth-order valence-corrected chi connectivity index (χ4v) is 6.31. The number of hydrogen-bond acceptors (Lipinski definition) is 6. The van der Waals surface area contributed by atoms with Crippen LogP contribution in [-0.4, -0.2) is 43.6 Å². The largest absolute Gasteiger partial charge is 0.444 e. The van der Waals surface area contributed by atoms with Gasteiger partial charge in [0.05, 0.1) is 11.0 Å². The first kappa shape index (κ1) is 26.6. The van der Waals surface area contributed by atoms with Crippen LogP contribution in [0.4, 0.5) is 10.5 Å². The summed E-state index contributed by atoms with van der Waals surface area (Å²) >= 11 is 1.53. The van der Waals surface area contributed by atoms with E-state index in [4.69, 9.17) is 4.74 Å². The number of hydrogen-bond donors (Lipinski definition) is 2. The molecule has 8 nitrogen and oxygen atoms in total. The van der Waals surface area contributed by atoms with E-state index in [0.717, 1.165) is 33.5 Å². The summed E-state index contributed by atoms with van der Waals surface area (Å²) in [5, 5.41) is 2.64. The van der Waals surface area contributed by atoms with Crippen LogP contribution in [0.2, 0.25) is 0 Å². The zero-order valence-corrected chi connectivity index (χ0v) is 23.3. The molecule has 3 heterocycles. The number of ether oxygens (including phenoxy) is 1. The molecule has 2 N–H and O–H groups in total. The molecule has 0 saturated carbocycles. The first-order chi connectivity index (χ1) is 20.0. The van der Waals surface area contributed by atoms with Crippen LogP contribution < -0.4 is 5.32 Å². The zero-order chi connectivity index (χ0) is 28.2. The molecule has 0 spiro atoms. The normalized spacial score (nSPS) is 16.6. The second-order valence-electron chi connectivity index (χ2n) is 10.00. The number of rotatable bonds is 7. The average molecular weight is 564 g/mol. The molecule has 5 aromatic rings. The maximum Gasteiger partial charge on any atom is 0.412 e. The second-order valence-corrected chi connectivity index (χ2v) is 11.1. The minimum atomic E-state index is -0.694. The topological polar surface area (TPSA) is 100 Å². The number of fused-ring (bicyclic) bond motifs is 1. The zero-order valence-electron chi connectivity index (χ0n) is 22.5. The van der Waals surface area contributed by atoms with Crippen LogP contribution in [0.1, 0.15) is 33.5 Å². The van der Waals surface area contributed by atoms with Crippen molar-refractivity contribution in [3.63, 3.8) is 0 Å². The second kappa shape index (κ2) is 11.9. The molecule has 41 heavy (non-hydrogen) atoms. The number of pyridine rings is 1. The van der Waals surface area contributed by atoms with Gasteiger partial charge in [0.2, 0.25) is 5.91 Å². The van der Waals surface area contributed by atoms with Gasteiger partial charge in [0, 0.05) is 30.3 Å². The number of nitrogens with one attached hydrogen (secondary N) is 2. The molecular formula is C32H29N5O3S. The highest BCUT2D eigenvalue weighted by Gasteiger charge is 2.43. The van der Waals surface area contributed by atoms with Crippen LogP contribution in [0.3, 0.4) is 0 Å². The predicted octanol–water partition coefficient (Wildman–Crippen LogP) is 6.25. The molecule has 206 valence electrons. The van der Waals surface area contributed by atoms with Gasteiger partial charge in [-0.15, -0.1) is 11.8 Å². The van der Waals surface area contributed by atoms with Gasteiger partial charge in [-0.2, -0.15) is 0 Å². The summed E-state index contributed by atoms with van der Waals surface area (Å²) in [5.41, 5.74) is 6.65. The molecule has 1 aliphatic rings. The van der Waals surface area contributed by atoms with Crippen LogP contribution in [0.5, 0.6) is 0 Å². The third-order valence-corrected chi connectivity index (χ3v) is 8.31. The first-order valence-corrected chi connectivity index (χ1v) is 14.4. The summed E-state index contributed by atoms with van der Waals surface area (Å²) in [5.74, 6) is 1.08. The lowest BCUT2D eigenvalue weighted by molar-refractivity contribution is -0.120. The summed E-state index contributed by atoms with van der Waals surface area (Å²) in [7, 11) is 0. The lowest BCUT2D eigenvalue weighted by Crippen LogP contribution is -2.45. The molecule has 0 radical (unpaired) electrons. The number of aromatic nitrogens is 3. The molecule has 1 aliphatic heterocycles. The lowest BCUT2D eigenvalue weighted by Gasteiger charge is -2.28. The van der Waals surface area contributed by atoms with E-state index in [1.54, 1.807) is 12.4 Å². The van der Waals surface area contributed by atoms with Crippen LogP contribution >= 0.6 is 11.8 Å². The quantitative estimate of drug-likeness (QED) is 0.243. The fourth-order valence-electron chi connectivity index (χ4n) is 4.89. The van der Waals surface area contributed by atoms with Crippen LogP contribution in [0.25, 0.3) is 11.0 Å². The minimum absolute atomic E-state index is 0.130. The third-order valence-electron chi connectivity index (χ3n) is 6.99. The Balaban J connectivity index is 1.14. The van der Waals surface area contributed by atoms with Gasteiger partial charge in [-0.05, 0) is 65.6 Å². The molecule has 6 rings (SSSR count). The summed E-state index contributed by atoms with van der Waals surface area (Å²) in [6.07, 6.45) is 3.49. The molecule has 0 bridgehead atoms. The number of aryl methyl sites for hydroxylation is 1. The van der Waals surface area contributed by atoms with Crippen molar-refractivity contribution in [1.29, 1.82) is 0 Å². The van der Waals surface area contributed by atoms with Gasteiger partial charge in [0.25, 0.3) is 0 Å². The number of H-pyrrole nitrogens is 1. The number of thioether (sulfide) groups is 1. The number of carbonyl (C=O) groups is 2. The number of anilines is 1. The first-order valence-electron chi connectivity index (χ1n) is 13.4. The SMILES string of the molecule is Cc1ccc2nc(Cc3ccc(NC(=O)C4CSC(c5ccncc5)N4C(=O)OCc4ccccc4)cc3)[nH]c2c1. The van der Waals surface area contributed by atoms with Gasteiger partial charge in [0.1, 0.15) is 23.8 Å². The number of amides is 2. The van der Waals surface area contributed by atoms with Gasteiger partial charge < -0.3 is 15.0 Å².